The number of hydrogen-bond acceptors (Lipinski definition) is 0. The van der Waals surface area contributed by atoms with Crippen LogP contribution < -0.4 is 0 Å². The molecule has 0 aliphatic carbocycles. The van der Waals surface area contributed by atoms with Crippen LogP contribution in [0, 0.1) is 0 Å². The van der Waals surface area contributed by atoms with Gasteiger partial charge >= 0.3 is 0 Å². The average Bonchev–Trinajstić information content (AvgIpc) is 0. The van der Waals surface area contributed by atoms with E-state index in [0.717, 1.165) is 0 Å². The maximum atomic E-state index is 0. The van der Waals surface area contributed by atoms with Gasteiger partial charge in [0, 0.05) is 55.8 Å². The molecule has 22 valence electrons. The van der Waals surface area contributed by atoms with Crippen molar-refractivity contribution in [1.29, 1.82) is 0 Å². The van der Waals surface area contributed by atoms with Crippen LogP contribution in [-0.2, 0) is 0 Å². The summed E-state index contributed by atoms with van der Waals surface area (Å²) in [4.78, 5) is 0. The first-order valence-electron chi connectivity index (χ1n) is 0. The van der Waals surface area contributed by atoms with E-state index in [4.69, 9.17) is 0 Å². The second kappa shape index (κ2) is 17.9. The summed E-state index contributed by atoms with van der Waals surface area (Å²) in [6.45, 7) is 0. The van der Waals surface area contributed by atoms with Crippen molar-refractivity contribution < 1.29 is 0 Å². The van der Waals surface area contributed by atoms with Crippen molar-refractivity contribution >= 4 is 80.6 Å². The zero-order chi connectivity index (χ0) is 0. The van der Waals surface area contributed by atoms with Crippen molar-refractivity contribution in [3.05, 3.63) is 0 Å². The minimum atomic E-state index is 0. The Morgan fingerprint density at radius 3 is 0.750 bits per heavy atom. The fourth-order valence-electron chi connectivity index (χ4n) is 0. The molecule has 0 saturated heterocycles. The molecule has 0 aromatic rings. The molecule has 0 bridgehead atoms. The molecule has 0 nitrogen and oxygen atoms in total. The quantitative estimate of drug-likeness (QED) is 0.556. The van der Waals surface area contributed by atoms with Crippen LogP contribution in [0.3, 0.4) is 0 Å². The van der Waals surface area contributed by atoms with E-state index in [9.17, 15) is 0 Å². The Balaban J connectivity index is 0. The van der Waals surface area contributed by atoms with E-state index in [1.165, 1.54) is 0 Å². The van der Waals surface area contributed by atoms with Crippen molar-refractivity contribution in [2.45, 2.75) is 0 Å². The third kappa shape index (κ3) is 8.82. The molecule has 0 aliphatic rings. The summed E-state index contributed by atoms with van der Waals surface area (Å²) in [6, 6.07) is 0. The predicted molar refractivity (Wildman–Crippen MR) is 26.0 cm³/mol. The van der Waals surface area contributed by atoms with Crippen molar-refractivity contribution in [3.8, 4) is 0 Å². The van der Waals surface area contributed by atoms with Crippen molar-refractivity contribution in [3.63, 3.8) is 0 Å². The molecule has 0 aromatic heterocycles. The van der Waals surface area contributed by atoms with Gasteiger partial charge < -0.3 is 0 Å². The standard InChI is InChI=1S/Bi.2ClH.Na/h;2*1H;. The minimum absolute atomic E-state index is 0. The van der Waals surface area contributed by atoms with Crippen LogP contribution in [0.2, 0.25) is 0 Å². The molecule has 0 fully saturated rings. The smallest absolute Gasteiger partial charge is 0 e. The molecular formula is H2BiCl2Na. The van der Waals surface area contributed by atoms with Crippen LogP contribution in [-0.4, -0.2) is 55.8 Å². The Morgan fingerprint density at radius 2 is 0.750 bits per heavy atom. The molecule has 0 aliphatic heterocycles. The molecule has 4 radical (unpaired) electrons. The van der Waals surface area contributed by atoms with Crippen LogP contribution >= 0.6 is 24.8 Å². The van der Waals surface area contributed by atoms with Gasteiger partial charge in [0.25, 0.3) is 0 Å². The first kappa shape index (κ1) is 31.8. The van der Waals surface area contributed by atoms with E-state index < -0.39 is 0 Å². The molecule has 0 unspecified atom stereocenters. The molecule has 0 aromatic carbocycles. The van der Waals surface area contributed by atoms with E-state index in [0.29, 0.717) is 0 Å². The summed E-state index contributed by atoms with van der Waals surface area (Å²) in [5.41, 5.74) is 0. The molecule has 0 atom stereocenters. The van der Waals surface area contributed by atoms with Crippen molar-refractivity contribution in [1.82, 2.24) is 0 Å². The predicted octanol–water partition coefficient (Wildman–Crippen LogP) is 0.0820. The number of halogens is 2. The van der Waals surface area contributed by atoms with E-state index in [1.807, 2.05) is 0 Å². The topological polar surface area (TPSA) is 0 Å². The summed E-state index contributed by atoms with van der Waals surface area (Å²) in [5.74, 6) is 0. The Kier molecular flexibility index (Phi) is 143. The summed E-state index contributed by atoms with van der Waals surface area (Å²) in [7, 11) is 0. The molecular weight excluding hydrogens is 303 g/mol. The van der Waals surface area contributed by atoms with E-state index in [1.54, 1.807) is 0 Å². The van der Waals surface area contributed by atoms with Gasteiger partial charge in [-0.15, -0.1) is 24.8 Å². The van der Waals surface area contributed by atoms with Gasteiger partial charge in [-0.3, -0.25) is 0 Å². The van der Waals surface area contributed by atoms with Crippen molar-refractivity contribution in [2.24, 2.45) is 0 Å². The molecule has 0 N–H and O–H groups in total. The first-order valence-corrected chi connectivity index (χ1v) is 0. The maximum Gasteiger partial charge on any atom is 0 e. The van der Waals surface area contributed by atoms with Crippen LogP contribution in [0.15, 0.2) is 0 Å². The van der Waals surface area contributed by atoms with Gasteiger partial charge in [-0.05, 0) is 0 Å². The van der Waals surface area contributed by atoms with Gasteiger partial charge in [-0.25, -0.2) is 0 Å². The van der Waals surface area contributed by atoms with Gasteiger partial charge in [0.2, 0.25) is 0 Å². The van der Waals surface area contributed by atoms with E-state index >= 15 is 0 Å². The zero-order valence-corrected chi connectivity index (χ0v) is 9.37. The first-order chi connectivity index (χ1) is 0. The SMILES string of the molecule is Cl.Cl.[Bi].[Na]. The summed E-state index contributed by atoms with van der Waals surface area (Å²) in [6.07, 6.45) is 0. The van der Waals surface area contributed by atoms with Crippen LogP contribution in [0.5, 0.6) is 0 Å². The van der Waals surface area contributed by atoms with Crippen LogP contribution in [0.25, 0.3) is 0 Å². The maximum absolute atomic E-state index is 0. The minimum Gasteiger partial charge on any atom is -0.147 e. The second-order valence-corrected chi connectivity index (χ2v) is 0. The van der Waals surface area contributed by atoms with Crippen molar-refractivity contribution in [2.75, 3.05) is 0 Å². The van der Waals surface area contributed by atoms with Gasteiger partial charge in [0.05, 0.1) is 0 Å². The fourth-order valence-corrected chi connectivity index (χ4v) is 0. The Labute approximate surface area is 79.3 Å². The van der Waals surface area contributed by atoms with Crippen LogP contribution in [0.4, 0.5) is 0 Å². The van der Waals surface area contributed by atoms with E-state index in [2.05, 4.69) is 0 Å². The van der Waals surface area contributed by atoms with Crippen LogP contribution in [0.1, 0.15) is 0 Å². The molecule has 0 spiro atoms. The van der Waals surface area contributed by atoms with E-state index in [-0.39, 0.29) is 80.6 Å². The Bertz CT molecular complexity index is 6.00. The molecule has 0 heterocycles. The summed E-state index contributed by atoms with van der Waals surface area (Å²) in [5, 5.41) is 0. The summed E-state index contributed by atoms with van der Waals surface area (Å²) >= 11 is 0. The third-order valence-corrected chi connectivity index (χ3v) is 0. The molecule has 0 amide bonds. The number of rotatable bonds is 0. The second-order valence-electron chi connectivity index (χ2n) is 0. The zero-order valence-electron chi connectivity index (χ0n) is 2.26. The summed E-state index contributed by atoms with van der Waals surface area (Å²) < 4.78 is 0. The molecule has 4 heavy (non-hydrogen) atoms. The number of hydrogen-bond donors (Lipinski definition) is 0. The fraction of sp³-hybridized carbons (Fsp3) is 0. The molecule has 4 heteroatoms. The van der Waals surface area contributed by atoms with Gasteiger partial charge in [-0.1, -0.05) is 0 Å². The van der Waals surface area contributed by atoms with Gasteiger partial charge in [0.1, 0.15) is 0 Å². The average molecular weight is 305 g/mol. The molecule has 0 saturated carbocycles. The Morgan fingerprint density at radius 1 is 0.750 bits per heavy atom. The Hall–Kier alpha value is 2.46. The third-order valence-electron chi connectivity index (χ3n) is 0. The molecule has 0 rings (SSSR count). The van der Waals surface area contributed by atoms with Gasteiger partial charge in [0.15, 0.2) is 0 Å². The normalized spacial score (nSPS) is 0. The largest absolute Gasteiger partial charge is 0.147 e. The monoisotopic (exact) mass is 304 g/mol. The van der Waals surface area contributed by atoms with Gasteiger partial charge in [-0.2, -0.15) is 0 Å².